The Hall–Kier alpha value is -3.30. The molecule has 1 saturated heterocycles. The van der Waals surface area contributed by atoms with Crippen LogP contribution in [0.25, 0.3) is 5.57 Å². The third-order valence-corrected chi connectivity index (χ3v) is 6.55. The molecule has 0 saturated carbocycles. The van der Waals surface area contributed by atoms with Gasteiger partial charge in [-0.3, -0.25) is 0 Å². The molecule has 0 spiro atoms. The number of nitriles is 1. The maximum atomic E-state index is 9.29. The van der Waals surface area contributed by atoms with Crippen LogP contribution in [0.2, 0.25) is 0 Å². The van der Waals surface area contributed by atoms with Crippen molar-refractivity contribution in [2.45, 2.75) is 44.7 Å². The van der Waals surface area contributed by atoms with Crippen molar-refractivity contribution in [3.63, 3.8) is 0 Å². The van der Waals surface area contributed by atoms with Crippen molar-refractivity contribution in [2.75, 3.05) is 25.0 Å². The summed E-state index contributed by atoms with van der Waals surface area (Å²) in [6.07, 6.45) is 7.44. The topological polar surface area (TPSA) is 84.2 Å². The first-order valence-electron chi connectivity index (χ1n) is 11.3. The number of hydrogen-bond donors (Lipinski definition) is 3. The quantitative estimate of drug-likeness (QED) is 0.591. The highest BCUT2D eigenvalue weighted by atomic mass is 16.5. The lowest BCUT2D eigenvalue weighted by Crippen LogP contribution is -2.37. The highest BCUT2D eigenvalue weighted by Crippen LogP contribution is 2.42. The van der Waals surface area contributed by atoms with E-state index in [1.54, 1.807) is 12.1 Å². The maximum absolute atomic E-state index is 9.29. The fraction of sp³-hybridized carbons (Fsp3) is 0.385. The van der Waals surface area contributed by atoms with E-state index >= 15 is 0 Å². The summed E-state index contributed by atoms with van der Waals surface area (Å²) >= 11 is 0. The largest absolute Gasteiger partial charge is 0.456 e. The van der Waals surface area contributed by atoms with Crippen molar-refractivity contribution >= 4 is 17.5 Å². The van der Waals surface area contributed by atoms with Crippen LogP contribution >= 0.6 is 0 Å². The molecular formula is C26H31N5O. The molecule has 0 radical (unpaired) electrons. The second kappa shape index (κ2) is 9.88. The van der Waals surface area contributed by atoms with Crippen molar-refractivity contribution in [1.82, 2.24) is 10.6 Å². The summed E-state index contributed by atoms with van der Waals surface area (Å²) in [6, 6.07) is 14.5. The number of piperidine rings is 1. The standard InChI is InChI=1S/C26H31N5O/c1-18-6-7-24-25(31(18)2)9-8-23(20(16-28)17-30-21-10-12-29-13-11-21)26(24)32-22-5-3-4-19(14-22)15-27/h3-5,8-9,14,16-18,21,28-30H,6-7,10-13H2,1-2H3/b20-17+,28-16?. The van der Waals surface area contributed by atoms with Gasteiger partial charge in [0.1, 0.15) is 11.5 Å². The molecule has 32 heavy (non-hydrogen) atoms. The Morgan fingerprint density at radius 3 is 2.81 bits per heavy atom. The Kier molecular flexibility index (Phi) is 6.77. The molecule has 1 unspecified atom stereocenters. The monoisotopic (exact) mass is 429 g/mol. The maximum Gasteiger partial charge on any atom is 0.140 e. The number of benzene rings is 2. The number of fused-ring (bicyclic) bond motifs is 1. The molecule has 6 nitrogen and oxygen atoms in total. The van der Waals surface area contributed by atoms with Gasteiger partial charge in [-0.2, -0.15) is 5.26 Å². The minimum atomic E-state index is 0.410. The summed E-state index contributed by atoms with van der Waals surface area (Å²) in [7, 11) is 2.12. The lowest BCUT2D eigenvalue weighted by atomic mass is 9.92. The second-order valence-corrected chi connectivity index (χ2v) is 8.62. The number of nitrogens with zero attached hydrogens (tertiary/aromatic N) is 2. The van der Waals surface area contributed by atoms with Crippen LogP contribution in [0.1, 0.15) is 42.9 Å². The normalized spacial score (nSPS) is 19.1. The van der Waals surface area contributed by atoms with E-state index in [4.69, 9.17) is 10.1 Å². The SMILES string of the molecule is CC1CCc2c(ccc(/C(C=N)=C/NC3CCNCC3)c2Oc2cccc(C#N)c2)N1C. The predicted molar refractivity (Wildman–Crippen MR) is 130 cm³/mol. The fourth-order valence-corrected chi connectivity index (χ4v) is 4.46. The zero-order chi connectivity index (χ0) is 22.5. The Morgan fingerprint density at radius 1 is 1.25 bits per heavy atom. The first kappa shape index (κ1) is 21.9. The number of hydrogen-bond acceptors (Lipinski definition) is 6. The first-order valence-corrected chi connectivity index (χ1v) is 11.3. The van der Waals surface area contributed by atoms with Gasteiger partial charge in [0.05, 0.1) is 11.6 Å². The summed E-state index contributed by atoms with van der Waals surface area (Å²) < 4.78 is 6.45. The van der Waals surface area contributed by atoms with Crippen LogP contribution < -0.4 is 20.3 Å². The van der Waals surface area contributed by atoms with Crippen LogP contribution in [0.5, 0.6) is 11.5 Å². The zero-order valence-electron chi connectivity index (χ0n) is 18.8. The van der Waals surface area contributed by atoms with E-state index in [2.05, 4.69) is 47.7 Å². The average Bonchev–Trinajstić information content (AvgIpc) is 2.83. The van der Waals surface area contributed by atoms with Crippen molar-refractivity contribution in [2.24, 2.45) is 0 Å². The van der Waals surface area contributed by atoms with E-state index in [1.165, 1.54) is 6.21 Å². The Morgan fingerprint density at radius 2 is 2.06 bits per heavy atom. The fourth-order valence-electron chi connectivity index (χ4n) is 4.46. The molecule has 2 aliphatic heterocycles. The van der Waals surface area contributed by atoms with Crippen LogP contribution in [0, 0.1) is 16.7 Å². The Labute approximate surface area is 190 Å². The molecule has 2 aromatic carbocycles. The van der Waals surface area contributed by atoms with Gasteiger partial charge in [-0.25, -0.2) is 0 Å². The van der Waals surface area contributed by atoms with E-state index < -0.39 is 0 Å². The Balaban J connectivity index is 1.75. The van der Waals surface area contributed by atoms with Gasteiger partial charge in [-0.1, -0.05) is 6.07 Å². The third-order valence-electron chi connectivity index (χ3n) is 6.55. The number of rotatable bonds is 6. The summed E-state index contributed by atoms with van der Waals surface area (Å²) in [5.41, 5.74) is 4.56. The van der Waals surface area contributed by atoms with Gasteiger partial charge in [0.2, 0.25) is 0 Å². The number of nitrogens with one attached hydrogen (secondary N) is 3. The zero-order valence-corrected chi connectivity index (χ0v) is 18.8. The molecule has 0 bridgehead atoms. The van der Waals surface area contributed by atoms with Gasteiger partial charge in [-0.15, -0.1) is 0 Å². The molecule has 1 atom stereocenters. The van der Waals surface area contributed by atoms with Crippen LogP contribution in [-0.4, -0.2) is 38.4 Å². The smallest absolute Gasteiger partial charge is 0.140 e. The third kappa shape index (κ3) is 4.63. The molecule has 2 aliphatic rings. The van der Waals surface area contributed by atoms with Crippen molar-refractivity contribution in [1.29, 1.82) is 10.7 Å². The van der Waals surface area contributed by atoms with E-state index in [-0.39, 0.29) is 0 Å². The molecule has 3 N–H and O–H groups in total. The summed E-state index contributed by atoms with van der Waals surface area (Å²) in [4.78, 5) is 2.29. The molecule has 1 fully saturated rings. The number of allylic oxidation sites excluding steroid dienone is 1. The van der Waals surface area contributed by atoms with Crippen LogP contribution in [-0.2, 0) is 6.42 Å². The minimum absolute atomic E-state index is 0.410. The molecule has 0 amide bonds. The molecule has 2 heterocycles. The lowest BCUT2D eigenvalue weighted by molar-refractivity contribution is 0.420. The summed E-state index contributed by atoms with van der Waals surface area (Å²) in [5.74, 6) is 1.41. The highest BCUT2D eigenvalue weighted by Gasteiger charge is 2.26. The lowest BCUT2D eigenvalue weighted by Gasteiger charge is -2.35. The summed E-state index contributed by atoms with van der Waals surface area (Å²) in [5, 5.41) is 24.3. The molecule has 4 rings (SSSR count). The van der Waals surface area contributed by atoms with Gasteiger partial charge in [0, 0.05) is 53.9 Å². The average molecular weight is 430 g/mol. The number of ether oxygens (including phenoxy) is 1. The van der Waals surface area contributed by atoms with Crippen LogP contribution in [0.15, 0.2) is 42.6 Å². The molecular weight excluding hydrogens is 398 g/mol. The summed E-state index contributed by atoms with van der Waals surface area (Å²) in [6.45, 7) is 4.26. The minimum Gasteiger partial charge on any atom is -0.456 e. The molecule has 6 heteroatoms. The first-order chi connectivity index (χ1) is 15.6. The molecule has 166 valence electrons. The van der Waals surface area contributed by atoms with E-state index in [1.807, 2.05) is 18.3 Å². The van der Waals surface area contributed by atoms with Gasteiger partial charge in [-0.05, 0) is 76.0 Å². The van der Waals surface area contributed by atoms with Gasteiger partial charge >= 0.3 is 0 Å². The van der Waals surface area contributed by atoms with Gasteiger partial charge in [0.15, 0.2) is 0 Å². The van der Waals surface area contributed by atoms with Crippen LogP contribution in [0.4, 0.5) is 5.69 Å². The van der Waals surface area contributed by atoms with Gasteiger partial charge in [0.25, 0.3) is 0 Å². The van der Waals surface area contributed by atoms with Crippen LogP contribution in [0.3, 0.4) is 0 Å². The van der Waals surface area contributed by atoms with Crippen molar-refractivity contribution in [3.8, 4) is 17.6 Å². The van der Waals surface area contributed by atoms with Gasteiger partial charge < -0.3 is 25.7 Å². The Bertz CT molecular complexity index is 1050. The van der Waals surface area contributed by atoms with E-state index in [9.17, 15) is 5.26 Å². The van der Waals surface area contributed by atoms with E-state index in [0.717, 1.165) is 66.9 Å². The van der Waals surface area contributed by atoms with Crippen molar-refractivity contribution in [3.05, 3.63) is 59.3 Å². The predicted octanol–water partition coefficient (Wildman–Crippen LogP) is 4.45. The molecule has 0 aromatic heterocycles. The van der Waals surface area contributed by atoms with Crippen molar-refractivity contribution < 1.29 is 4.74 Å². The molecule has 2 aromatic rings. The molecule has 0 aliphatic carbocycles. The number of anilines is 1. The van der Waals surface area contributed by atoms with E-state index in [0.29, 0.717) is 23.4 Å². The second-order valence-electron chi connectivity index (χ2n) is 8.62. The highest BCUT2D eigenvalue weighted by molar-refractivity contribution is 6.09.